The summed E-state index contributed by atoms with van der Waals surface area (Å²) in [6.45, 7) is 3.76. The summed E-state index contributed by atoms with van der Waals surface area (Å²) in [4.78, 5) is 0. The molecule has 1 nitrogen and oxygen atoms in total. The topological polar surface area (TPSA) is 9.23 Å². The SMILES string of the molecule is CCC1CCC(c2ccc(-c3cc(F)c(F)c(Oc4cc(F)c(F)c(F)c4)c3C)cc2)CC1. The Labute approximate surface area is 190 Å². The van der Waals surface area contributed by atoms with Gasteiger partial charge in [-0.1, -0.05) is 37.6 Å². The molecule has 0 aliphatic heterocycles. The molecule has 0 bridgehead atoms. The molecule has 0 amide bonds. The molecule has 0 heterocycles. The van der Waals surface area contributed by atoms with Gasteiger partial charge in [-0.15, -0.1) is 0 Å². The summed E-state index contributed by atoms with van der Waals surface area (Å²) < 4.78 is 74.5. The zero-order valence-corrected chi connectivity index (χ0v) is 18.5. The molecule has 6 heteroatoms. The number of rotatable bonds is 5. The quantitative estimate of drug-likeness (QED) is 0.273. The van der Waals surface area contributed by atoms with Gasteiger partial charge in [-0.05, 0) is 67.2 Å². The fourth-order valence-electron chi connectivity index (χ4n) is 4.66. The average molecular weight is 460 g/mol. The third-order valence-electron chi connectivity index (χ3n) is 6.72. The van der Waals surface area contributed by atoms with Gasteiger partial charge in [0, 0.05) is 17.7 Å². The van der Waals surface area contributed by atoms with E-state index in [1.54, 1.807) is 0 Å². The Morgan fingerprint density at radius 2 is 1.36 bits per heavy atom. The Morgan fingerprint density at radius 1 is 0.788 bits per heavy atom. The maximum absolute atomic E-state index is 14.5. The Hall–Kier alpha value is -2.89. The molecule has 3 aromatic rings. The van der Waals surface area contributed by atoms with Crippen LogP contribution in [0.2, 0.25) is 0 Å². The molecule has 4 rings (SSSR count). The van der Waals surface area contributed by atoms with Crippen LogP contribution in [0.1, 0.15) is 56.1 Å². The first kappa shape index (κ1) is 23.3. The van der Waals surface area contributed by atoms with Gasteiger partial charge in [0.05, 0.1) is 0 Å². The van der Waals surface area contributed by atoms with E-state index in [-0.39, 0.29) is 5.56 Å². The highest BCUT2D eigenvalue weighted by Gasteiger charge is 2.23. The van der Waals surface area contributed by atoms with Crippen molar-refractivity contribution in [2.45, 2.75) is 51.9 Å². The van der Waals surface area contributed by atoms with Crippen molar-refractivity contribution in [2.75, 3.05) is 0 Å². The maximum atomic E-state index is 14.5. The van der Waals surface area contributed by atoms with Crippen LogP contribution in [0, 0.1) is 41.9 Å². The summed E-state index contributed by atoms with van der Waals surface area (Å²) in [6.07, 6.45) is 5.94. The van der Waals surface area contributed by atoms with Crippen molar-refractivity contribution in [3.05, 3.63) is 82.7 Å². The lowest BCUT2D eigenvalue weighted by molar-refractivity contribution is 0.319. The minimum Gasteiger partial charge on any atom is -0.454 e. The summed E-state index contributed by atoms with van der Waals surface area (Å²) in [5, 5.41) is 0. The fourth-order valence-corrected chi connectivity index (χ4v) is 4.66. The highest BCUT2D eigenvalue weighted by Crippen LogP contribution is 2.40. The molecular weight excluding hydrogens is 435 g/mol. The van der Waals surface area contributed by atoms with Crippen molar-refractivity contribution in [1.29, 1.82) is 0 Å². The summed E-state index contributed by atoms with van der Waals surface area (Å²) in [6, 6.07) is 10.00. The molecule has 0 aromatic heterocycles. The van der Waals surface area contributed by atoms with Crippen LogP contribution >= 0.6 is 0 Å². The smallest absolute Gasteiger partial charge is 0.201 e. The van der Waals surface area contributed by atoms with E-state index in [1.807, 2.05) is 24.3 Å². The molecule has 0 spiro atoms. The van der Waals surface area contributed by atoms with Gasteiger partial charge >= 0.3 is 0 Å². The zero-order valence-electron chi connectivity index (χ0n) is 18.5. The summed E-state index contributed by atoms with van der Waals surface area (Å²) in [5.41, 5.74) is 2.55. The van der Waals surface area contributed by atoms with Gasteiger partial charge in [0.15, 0.2) is 29.0 Å². The normalized spacial score (nSPS) is 18.4. The molecular formula is C27H25F5O. The Kier molecular flexibility index (Phi) is 6.73. The van der Waals surface area contributed by atoms with Gasteiger partial charge in [0.25, 0.3) is 0 Å². The molecule has 1 aliphatic carbocycles. The van der Waals surface area contributed by atoms with Crippen molar-refractivity contribution in [3.63, 3.8) is 0 Å². The molecule has 1 aliphatic rings. The second-order valence-electron chi connectivity index (χ2n) is 8.72. The highest BCUT2D eigenvalue weighted by atomic mass is 19.2. The Morgan fingerprint density at radius 3 is 1.94 bits per heavy atom. The first-order valence-electron chi connectivity index (χ1n) is 11.2. The Bertz CT molecular complexity index is 1130. The van der Waals surface area contributed by atoms with E-state index in [4.69, 9.17) is 4.74 Å². The zero-order chi connectivity index (χ0) is 23.7. The van der Waals surface area contributed by atoms with E-state index in [2.05, 4.69) is 6.92 Å². The summed E-state index contributed by atoms with van der Waals surface area (Å²) in [5.74, 6) is -6.75. The first-order valence-corrected chi connectivity index (χ1v) is 11.2. The lowest BCUT2D eigenvalue weighted by Crippen LogP contribution is -2.12. The standard InChI is InChI=1S/C27H25F5O/c1-3-16-4-6-17(7-5-16)18-8-10-19(11-9-18)21-14-24(30)26(32)27(15(21)2)33-20-12-22(28)25(31)23(29)13-20/h8-14,16-17H,3-7H2,1-2H3. The van der Waals surface area contributed by atoms with E-state index in [0.29, 0.717) is 29.2 Å². The number of hydrogen-bond donors (Lipinski definition) is 0. The van der Waals surface area contributed by atoms with Crippen LogP contribution in [0.15, 0.2) is 42.5 Å². The number of hydrogen-bond acceptors (Lipinski definition) is 1. The minimum atomic E-state index is -1.66. The molecule has 1 fully saturated rings. The Balaban J connectivity index is 1.63. The largest absolute Gasteiger partial charge is 0.454 e. The molecule has 0 radical (unpaired) electrons. The molecule has 33 heavy (non-hydrogen) atoms. The minimum absolute atomic E-state index is 0.259. The van der Waals surface area contributed by atoms with Gasteiger partial charge in [-0.25, -0.2) is 17.6 Å². The van der Waals surface area contributed by atoms with Crippen molar-refractivity contribution in [2.24, 2.45) is 5.92 Å². The molecule has 0 unspecified atom stereocenters. The van der Waals surface area contributed by atoms with Gasteiger partial charge in [-0.2, -0.15) is 4.39 Å². The molecule has 0 N–H and O–H groups in total. The van der Waals surface area contributed by atoms with E-state index < -0.39 is 40.6 Å². The maximum Gasteiger partial charge on any atom is 0.201 e. The first-order chi connectivity index (χ1) is 15.8. The van der Waals surface area contributed by atoms with Gasteiger partial charge in [0.2, 0.25) is 5.82 Å². The number of benzene rings is 3. The summed E-state index contributed by atoms with van der Waals surface area (Å²) >= 11 is 0. The van der Waals surface area contributed by atoms with Crippen molar-refractivity contribution >= 4 is 0 Å². The lowest BCUT2D eigenvalue weighted by Gasteiger charge is -2.28. The van der Waals surface area contributed by atoms with Crippen molar-refractivity contribution in [1.82, 2.24) is 0 Å². The predicted molar refractivity (Wildman–Crippen MR) is 118 cm³/mol. The third kappa shape index (κ3) is 4.75. The van der Waals surface area contributed by atoms with Crippen LogP contribution in [0.5, 0.6) is 11.5 Å². The van der Waals surface area contributed by atoms with Crippen LogP contribution in [0.4, 0.5) is 22.0 Å². The predicted octanol–water partition coefficient (Wildman–Crippen LogP) is 8.83. The second-order valence-corrected chi connectivity index (χ2v) is 8.72. The van der Waals surface area contributed by atoms with E-state index in [0.717, 1.165) is 24.8 Å². The molecule has 3 aromatic carbocycles. The van der Waals surface area contributed by atoms with Gasteiger partial charge in [-0.3, -0.25) is 0 Å². The third-order valence-corrected chi connectivity index (χ3v) is 6.72. The van der Waals surface area contributed by atoms with E-state index in [9.17, 15) is 22.0 Å². The van der Waals surface area contributed by atoms with Crippen molar-refractivity contribution < 1.29 is 26.7 Å². The van der Waals surface area contributed by atoms with E-state index in [1.165, 1.54) is 31.7 Å². The van der Waals surface area contributed by atoms with Crippen molar-refractivity contribution in [3.8, 4) is 22.6 Å². The lowest BCUT2D eigenvalue weighted by atomic mass is 9.77. The highest BCUT2D eigenvalue weighted by molar-refractivity contribution is 5.70. The van der Waals surface area contributed by atoms with Crippen LogP contribution in [-0.2, 0) is 0 Å². The summed E-state index contributed by atoms with van der Waals surface area (Å²) in [7, 11) is 0. The van der Waals surface area contributed by atoms with Crippen LogP contribution in [-0.4, -0.2) is 0 Å². The van der Waals surface area contributed by atoms with Gasteiger partial charge < -0.3 is 4.74 Å². The van der Waals surface area contributed by atoms with Crippen LogP contribution in [0.3, 0.4) is 0 Å². The molecule has 0 saturated heterocycles. The number of ether oxygens (including phenoxy) is 1. The number of halogens is 5. The monoisotopic (exact) mass is 460 g/mol. The van der Waals surface area contributed by atoms with Crippen LogP contribution in [0.25, 0.3) is 11.1 Å². The fraction of sp³-hybridized carbons (Fsp3) is 0.333. The molecule has 1 saturated carbocycles. The van der Waals surface area contributed by atoms with Gasteiger partial charge in [0.1, 0.15) is 5.75 Å². The average Bonchev–Trinajstić information content (AvgIpc) is 2.82. The molecule has 174 valence electrons. The second kappa shape index (κ2) is 9.54. The van der Waals surface area contributed by atoms with Crippen LogP contribution < -0.4 is 4.74 Å². The molecule has 0 atom stereocenters. The van der Waals surface area contributed by atoms with E-state index >= 15 is 0 Å².